The lowest BCUT2D eigenvalue weighted by Crippen LogP contribution is -2.39. The van der Waals surface area contributed by atoms with Crippen LogP contribution in [0.4, 0.5) is 0 Å². The fraction of sp³-hybridized carbons (Fsp3) is 0.462. The summed E-state index contributed by atoms with van der Waals surface area (Å²) in [6.07, 6.45) is 0. The Balaban J connectivity index is 3.17. The average molecular weight is 316 g/mol. The molecule has 0 bridgehead atoms. The van der Waals surface area contributed by atoms with Crippen LogP contribution in [0.2, 0.25) is 0 Å². The second kappa shape index (κ2) is 5.77. The van der Waals surface area contributed by atoms with Gasteiger partial charge in [0.25, 0.3) is 0 Å². The highest BCUT2D eigenvalue weighted by Gasteiger charge is 2.26. The molecule has 0 heterocycles. The van der Waals surface area contributed by atoms with E-state index in [1.165, 1.54) is 19.2 Å². The average Bonchev–Trinajstić information content (AvgIpc) is 2.25. The Bertz CT molecular complexity index is 619. The molecule has 0 fully saturated rings. The Morgan fingerprint density at radius 2 is 2.00 bits per heavy atom. The first-order valence-corrected chi connectivity index (χ1v) is 7.89. The number of aryl methyl sites for hydroxylation is 1. The highest BCUT2D eigenvalue weighted by Crippen LogP contribution is 2.20. The van der Waals surface area contributed by atoms with Gasteiger partial charge in [0, 0.05) is 19.2 Å². The summed E-state index contributed by atoms with van der Waals surface area (Å²) in [5, 5.41) is 9.73. The quantitative estimate of drug-likeness (QED) is 0.793. The largest absolute Gasteiger partial charge is 0.389 e. The number of thiocarbonyl (C=S) groups is 1. The standard InChI is InChI=1S/C13H20N2O3S2/c1-9-7-10(5-6-11(9)12(14)19)20(17,18)15(4)8-13(2,3)16/h5-7,16H,8H2,1-4H3,(H2,14,19). The summed E-state index contributed by atoms with van der Waals surface area (Å²) >= 11 is 4.89. The number of nitrogens with zero attached hydrogens (tertiary/aromatic N) is 1. The molecular weight excluding hydrogens is 296 g/mol. The molecule has 112 valence electrons. The molecule has 20 heavy (non-hydrogen) atoms. The number of likely N-dealkylation sites (N-methyl/N-ethyl adjacent to an activating group) is 1. The van der Waals surface area contributed by atoms with Crippen LogP contribution in [0.15, 0.2) is 23.1 Å². The van der Waals surface area contributed by atoms with Gasteiger partial charge in [-0.1, -0.05) is 18.3 Å². The molecule has 0 radical (unpaired) electrons. The van der Waals surface area contributed by atoms with Crippen LogP contribution in [0, 0.1) is 6.92 Å². The first-order chi connectivity index (χ1) is 8.95. The Kier molecular flexibility index (Phi) is 4.91. The number of nitrogens with two attached hydrogens (primary N) is 1. The number of rotatable bonds is 5. The van der Waals surface area contributed by atoms with Gasteiger partial charge >= 0.3 is 0 Å². The van der Waals surface area contributed by atoms with Gasteiger partial charge in [0.2, 0.25) is 10.0 Å². The summed E-state index contributed by atoms with van der Waals surface area (Å²) in [7, 11) is -2.21. The van der Waals surface area contributed by atoms with Crippen molar-refractivity contribution < 1.29 is 13.5 Å². The van der Waals surface area contributed by atoms with Crippen LogP contribution in [0.5, 0.6) is 0 Å². The molecule has 0 amide bonds. The van der Waals surface area contributed by atoms with Crippen LogP contribution in [0.3, 0.4) is 0 Å². The number of hydrogen-bond acceptors (Lipinski definition) is 4. The van der Waals surface area contributed by atoms with Gasteiger partial charge in [-0.2, -0.15) is 4.31 Å². The topological polar surface area (TPSA) is 83.6 Å². The summed E-state index contributed by atoms with van der Waals surface area (Å²) in [4.78, 5) is 0.387. The van der Waals surface area contributed by atoms with Crippen molar-refractivity contribution in [1.29, 1.82) is 0 Å². The SMILES string of the molecule is Cc1cc(S(=O)(=O)N(C)CC(C)(C)O)ccc1C(N)=S. The van der Waals surface area contributed by atoms with Gasteiger partial charge in [-0.05, 0) is 38.5 Å². The van der Waals surface area contributed by atoms with Gasteiger partial charge in [0.15, 0.2) is 0 Å². The van der Waals surface area contributed by atoms with Crippen LogP contribution in [0.1, 0.15) is 25.0 Å². The Hall–Kier alpha value is -1.02. The van der Waals surface area contributed by atoms with E-state index < -0.39 is 15.6 Å². The lowest BCUT2D eigenvalue weighted by Gasteiger charge is -2.25. The van der Waals surface area contributed by atoms with Gasteiger partial charge in [-0.3, -0.25) is 0 Å². The van der Waals surface area contributed by atoms with E-state index in [-0.39, 0.29) is 16.4 Å². The third-order valence-corrected chi connectivity index (χ3v) is 4.80. The van der Waals surface area contributed by atoms with E-state index in [0.717, 1.165) is 4.31 Å². The van der Waals surface area contributed by atoms with Crippen molar-refractivity contribution in [2.75, 3.05) is 13.6 Å². The minimum Gasteiger partial charge on any atom is -0.389 e. The zero-order chi connectivity index (χ0) is 15.7. The van der Waals surface area contributed by atoms with Crippen molar-refractivity contribution in [3.8, 4) is 0 Å². The van der Waals surface area contributed by atoms with Crippen molar-refractivity contribution in [3.63, 3.8) is 0 Å². The Morgan fingerprint density at radius 3 is 2.40 bits per heavy atom. The van der Waals surface area contributed by atoms with Crippen LogP contribution < -0.4 is 5.73 Å². The molecule has 3 N–H and O–H groups in total. The van der Waals surface area contributed by atoms with E-state index in [4.69, 9.17) is 18.0 Å². The molecule has 0 atom stereocenters. The molecule has 7 heteroatoms. The maximum absolute atomic E-state index is 12.4. The van der Waals surface area contributed by atoms with Crippen molar-refractivity contribution in [3.05, 3.63) is 29.3 Å². The summed E-state index contributed by atoms with van der Waals surface area (Å²) in [5.41, 5.74) is 5.81. The van der Waals surface area contributed by atoms with Crippen LogP contribution in [0.25, 0.3) is 0 Å². The summed E-state index contributed by atoms with van der Waals surface area (Å²) < 4.78 is 25.9. The molecule has 0 unspecified atom stereocenters. The van der Waals surface area contributed by atoms with Crippen LogP contribution in [-0.2, 0) is 10.0 Å². The molecule has 0 aliphatic heterocycles. The van der Waals surface area contributed by atoms with E-state index in [1.54, 1.807) is 26.8 Å². The van der Waals surface area contributed by atoms with Gasteiger partial charge in [-0.15, -0.1) is 0 Å². The molecule has 0 spiro atoms. The molecule has 1 aromatic carbocycles. The molecule has 0 aromatic heterocycles. The number of hydrogen-bond donors (Lipinski definition) is 2. The van der Waals surface area contributed by atoms with E-state index in [1.807, 2.05) is 0 Å². The smallest absolute Gasteiger partial charge is 0.242 e. The van der Waals surface area contributed by atoms with Gasteiger partial charge in [-0.25, -0.2) is 8.42 Å². The van der Waals surface area contributed by atoms with E-state index in [9.17, 15) is 13.5 Å². The van der Waals surface area contributed by atoms with Gasteiger partial charge in [0.05, 0.1) is 10.5 Å². The first kappa shape index (κ1) is 17.0. The van der Waals surface area contributed by atoms with Crippen molar-refractivity contribution >= 4 is 27.2 Å². The highest BCUT2D eigenvalue weighted by atomic mass is 32.2. The predicted molar refractivity (Wildman–Crippen MR) is 83.2 cm³/mol. The lowest BCUT2D eigenvalue weighted by molar-refractivity contribution is 0.0640. The second-order valence-electron chi connectivity index (χ2n) is 5.41. The molecule has 0 saturated carbocycles. The molecule has 0 aliphatic rings. The molecule has 1 aromatic rings. The maximum atomic E-state index is 12.4. The third-order valence-electron chi connectivity index (χ3n) is 2.78. The minimum atomic E-state index is -3.65. The number of aliphatic hydroxyl groups is 1. The Morgan fingerprint density at radius 1 is 1.45 bits per heavy atom. The van der Waals surface area contributed by atoms with E-state index in [2.05, 4.69) is 0 Å². The first-order valence-electron chi connectivity index (χ1n) is 6.04. The van der Waals surface area contributed by atoms with Crippen LogP contribution >= 0.6 is 12.2 Å². The van der Waals surface area contributed by atoms with Crippen LogP contribution in [-0.4, -0.2) is 42.0 Å². The highest BCUT2D eigenvalue weighted by molar-refractivity contribution is 7.89. The molecule has 1 rings (SSSR count). The normalized spacial score (nSPS) is 12.7. The zero-order valence-corrected chi connectivity index (χ0v) is 13.7. The third kappa shape index (κ3) is 3.99. The predicted octanol–water partition coefficient (Wildman–Crippen LogP) is 1.02. The summed E-state index contributed by atoms with van der Waals surface area (Å²) in [6.45, 7) is 4.87. The van der Waals surface area contributed by atoms with E-state index in [0.29, 0.717) is 11.1 Å². The Labute approximate surface area is 125 Å². The van der Waals surface area contributed by atoms with Crippen molar-refractivity contribution in [2.45, 2.75) is 31.3 Å². The molecule has 0 saturated heterocycles. The molecule has 5 nitrogen and oxygen atoms in total. The number of benzene rings is 1. The van der Waals surface area contributed by atoms with E-state index >= 15 is 0 Å². The summed E-state index contributed by atoms with van der Waals surface area (Å²) in [6, 6.07) is 4.60. The lowest BCUT2D eigenvalue weighted by atomic mass is 10.1. The van der Waals surface area contributed by atoms with Crippen molar-refractivity contribution in [2.24, 2.45) is 5.73 Å². The monoisotopic (exact) mass is 316 g/mol. The fourth-order valence-electron chi connectivity index (χ4n) is 1.88. The molecule has 0 aliphatic carbocycles. The maximum Gasteiger partial charge on any atom is 0.242 e. The van der Waals surface area contributed by atoms with Crippen molar-refractivity contribution in [1.82, 2.24) is 4.31 Å². The molecular formula is C13H20N2O3S2. The zero-order valence-electron chi connectivity index (χ0n) is 12.0. The second-order valence-corrected chi connectivity index (χ2v) is 7.90. The summed E-state index contributed by atoms with van der Waals surface area (Å²) in [5.74, 6) is 0. The van der Waals surface area contributed by atoms with Gasteiger partial charge in [0.1, 0.15) is 4.99 Å². The minimum absolute atomic E-state index is 0.00539. The van der Waals surface area contributed by atoms with Gasteiger partial charge < -0.3 is 10.8 Å². The number of sulfonamides is 1. The fourth-order valence-corrected chi connectivity index (χ4v) is 3.52.